The van der Waals surface area contributed by atoms with Crippen LogP contribution in [0, 0.1) is 9.49 Å². The first kappa shape index (κ1) is 16.2. The molecule has 1 atom stereocenters. The predicted molar refractivity (Wildman–Crippen MR) is 85.4 cm³/mol. The molecule has 1 aromatic rings. The van der Waals surface area contributed by atoms with Crippen LogP contribution in [0.1, 0.15) is 12.8 Å². The summed E-state index contributed by atoms with van der Waals surface area (Å²) >= 11 is 7.66. The molecule has 20 heavy (non-hydrogen) atoms. The van der Waals surface area contributed by atoms with Crippen LogP contribution in [-0.4, -0.2) is 41.6 Å². The minimum Gasteiger partial charge on any atom is -0.298 e. The van der Waals surface area contributed by atoms with Crippen LogP contribution in [-0.2, 0) is 16.6 Å². The first-order chi connectivity index (χ1) is 9.29. The van der Waals surface area contributed by atoms with Crippen molar-refractivity contribution in [2.45, 2.75) is 19.4 Å². The normalized spacial score (nSPS) is 21.1. The highest BCUT2D eigenvalue weighted by atomic mass is 127. The molecule has 6 nitrogen and oxygen atoms in total. The van der Waals surface area contributed by atoms with Crippen molar-refractivity contribution in [1.82, 2.24) is 13.9 Å². The average molecular weight is 432 g/mol. The summed E-state index contributed by atoms with van der Waals surface area (Å²) in [5, 5.41) is 0.202. The highest BCUT2D eigenvalue weighted by Crippen LogP contribution is 2.20. The lowest BCUT2D eigenvalue weighted by molar-refractivity contribution is 0.244. The maximum Gasteiger partial charge on any atom is 0.268 e. The van der Waals surface area contributed by atoms with Crippen molar-refractivity contribution in [2.24, 2.45) is 5.92 Å². The Bertz CT molecular complexity index is 661. The number of rotatable bonds is 3. The number of sulfonamides is 1. The fourth-order valence-electron chi connectivity index (χ4n) is 2.33. The van der Waals surface area contributed by atoms with Crippen LogP contribution < -0.4 is 5.56 Å². The van der Waals surface area contributed by atoms with Gasteiger partial charge >= 0.3 is 0 Å². The Morgan fingerprint density at radius 1 is 1.55 bits per heavy atom. The second kappa shape index (κ2) is 6.29. The second-order valence-electron chi connectivity index (χ2n) is 4.94. The summed E-state index contributed by atoms with van der Waals surface area (Å²) in [5.74, 6) is 0.120. The van der Waals surface area contributed by atoms with Crippen LogP contribution in [0.2, 0.25) is 5.15 Å². The molecule has 0 radical (unpaired) electrons. The van der Waals surface area contributed by atoms with E-state index in [1.807, 2.05) is 22.6 Å². The molecule has 0 N–H and O–H groups in total. The third kappa shape index (κ3) is 3.71. The van der Waals surface area contributed by atoms with E-state index in [1.165, 1.54) is 21.5 Å². The molecule has 1 aliphatic heterocycles. The van der Waals surface area contributed by atoms with Crippen molar-refractivity contribution in [1.29, 1.82) is 0 Å². The molecule has 112 valence electrons. The second-order valence-corrected chi connectivity index (χ2v) is 8.36. The molecule has 1 aromatic heterocycles. The fraction of sp³-hybridized carbons (Fsp3) is 0.636. The smallest absolute Gasteiger partial charge is 0.268 e. The van der Waals surface area contributed by atoms with Crippen LogP contribution in [0.3, 0.4) is 0 Å². The Balaban J connectivity index is 2.15. The molecule has 0 amide bonds. The van der Waals surface area contributed by atoms with Gasteiger partial charge < -0.3 is 0 Å². The molecule has 0 saturated carbocycles. The van der Waals surface area contributed by atoms with Gasteiger partial charge in [-0.05, 0) is 41.4 Å². The number of halogens is 2. The minimum atomic E-state index is -3.17. The summed E-state index contributed by atoms with van der Waals surface area (Å²) in [6, 6.07) is 0. The third-order valence-electron chi connectivity index (χ3n) is 3.35. The van der Waals surface area contributed by atoms with Gasteiger partial charge in [0.25, 0.3) is 5.56 Å². The van der Waals surface area contributed by atoms with Gasteiger partial charge in [0.1, 0.15) is 8.72 Å². The van der Waals surface area contributed by atoms with E-state index < -0.39 is 10.0 Å². The quantitative estimate of drug-likeness (QED) is 0.532. The molecule has 1 unspecified atom stereocenters. The number of nitrogens with zero attached hydrogens (tertiary/aromatic N) is 3. The summed E-state index contributed by atoms with van der Waals surface area (Å²) < 4.78 is 26.5. The van der Waals surface area contributed by atoms with Gasteiger partial charge in [-0.1, -0.05) is 11.6 Å². The van der Waals surface area contributed by atoms with Crippen molar-refractivity contribution in [3.05, 3.63) is 25.4 Å². The van der Waals surface area contributed by atoms with Gasteiger partial charge in [-0.3, -0.25) is 9.36 Å². The fourth-order valence-corrected chi connectivity index (χ4v) is 3.85. The molecule has 1 aliphatic rings. The van der Waals surface area contributed by atoms with Gasteiger partial charge in [-0.15, -0.1) is 0 Å². The number of piperidine rings is 1. The van der Waals surface area contributed by atoms with Gasteiger partial charge in [-0.25, -0.2) is 17.7 Å². The van der Waals surface area contributed by atoms with E-state index in [4.69, 9.17) is 11.6 Å². The van der Waals surface area contributed by atoms with Crippen molar-refractivity contribution >= 4 is 44.2 Å². The SMILES string of the molecule is CS(=O)(=O)N1CCCC(Cn2cnc(Cl)c(I)c2=O)C1. The number of aromatic nitrogens is 2. The maximum atomic E-state index is 12.0. The Hall–Kier alpha value is -0.190. The Kier molecular flexibility index (Phi) is 5.09. The summed E-state index contributed by atoms with van der Waals surface area (Å²) in [6.07, 6.45) is 4.35. The van der Waals surface area contributed by atoms with Crippen molar-refractivity contribution in [3.63, 3.8) is 0 Å². The standard InChI is InChI=1S/C11H15ClIN3O3S/c1-20(18,19)16-4-2-3-8(6-16)5-15-7-14-10(12)9(13)11(15)17/h7-8H,2-6H2,1H3. The average Bonchev–Trinajstić information content (AvgIpc) is 2.39. The maximum absolute atomic E-state index is 12.0. The molecular formula is C11H15ClIN3O3S. The Labute approximate surface area is 136 Å². The lowest BCUT2D eigenvalue weighted by Crippen LogP contribution is -2.41. The van der Waals surface area contributed by atoms with Gasteiger partial charge in [-0.2, -0.15) is 0 Å². The highest BCUT2D eigenvalue weighted by Gasteiger charge is 2.26. The van der Waals surface area contributed by atoms with Crippen LogP contribution in [0.4, 0.5) is 0 Å². The largest absolute Gasteiger partial charge is 0.298 e. The lowest BCUT2D eigenvalue weighted by Gasteiger charge is -2.31. The van der Waals surface area contributed by atoms with E-state index in [-0.39, 0.29) is 16.6 Å². The van der Waals surface area contributed by atoms with E-state index in [9.17, 15) is 13.2 Å². The molecule has 0 bridgehead atoms. The van der Waals surface area contributed by atoms with Crippen LogP contribution in [0.25, 0.3) is 0 Å². The molecule has 0 aliphatic carbocycles. The van der Waals surface area contributed by atoms with Crippen LogP contribution in [0.5, 0.6) is 0 Å². The van der Waals surface area contributed by atoms with Crippen molar-refractivity contribution in [3.8, 4) is 0 Å². The first-order valence-corrected chi connectivity index (χ1v) is 9.45. The summed E-state index contributed by atoms with van der Waals surface area (Å²) in [7, 11) is -3.17. The first-order valence-electron chi connectivity index (χ1n) is 6.14. The number of hydrogen-bond donors (Lipinski definition) is 0. The molecule has 1 fully saturated rings. The Morgan fingerprint density at radius 3 is 2.90 bits per heavy atom. The zero-order valence-electron chi connectivity index (χ0n) is 10.9. The summed E-state index contributed by atoms with van der Waals surface area (Å²) in [4.78, 5) is 16.0. The monoisotopic (exact) mass is 431 g/mol. The van der Waals surface area contributed by atoms with E-state index in [0.717, 1.165) is 12.8 Å². The third-order valence-corrected chi connectivity index (χ3v) is 6.19. The summed E-state index contributed by atoms with van der Waals surface area (Å²) in [5.41, 5.74) is -0.179. The molecule has 2 heterocycles. The van der Waals surface area contributed by atoms with Crippen LogP contribution in [0.15, 0.2) is 11.1 Å². The lowest BCUT2D eigenvalue weighted by atomic mass is 10.00. The number of hydrogen-bond acceptors (Lipinski definition) is 4. The molecule has 0 spiro atoms. The van der Waals surface area contributed by atoms with Gasteiger partial charge in [0, 0.05) is 19.6 Å². The zero-order valence-corrected chi connectivity index (χ0v) is 14.7. The minimum absolute atomic E-state index is 0.120. The molecule has 9 heteroatoms. The van der Waals surface area contributed by atoms with E-state index >= 15 is 0 Å². The molecule has 1 saturated heterocycles. The van der Waals surface area contributed by atoms with Crippen molar-refractivity contribution < 1.29 is 8.42 Å². The van der Waals surface area contributed by atoms with E-state index in [0.29, 0.717) is 23.2 Å². The molecule has 2 rings (SSSR count). The predicted octanol–water partition coefficient (Wildman–Crippen LogP) is 1.17. The van der Waals surface area contributed by atoms with Gasteiger partial charge in [0.05, 0.1) is 12.6 Å². The highest BCUT2D eigenvalue weighted by molar-refractivity contribution is 14.1. The molecule has 0 aromatic carbocycles. The van der Waals surface area contributed by atoms with E-state index in [2.05, 4.69) is 4.98 Å². The summed E-state index contributed by atoms with van der Waals surface area (Å²) in [6.45, 7) is 1.47. The topological polar surface area (TPSA) is 72.3 Å². The van der Waals surface area contributed by atoms with Crippen LogP contribution >= 0.6 is 34.2 Å². The Morgan fingerprint density at radius 2 is 2.25 bits per heavy atom. The van der Waals surface area contributed by atoms with Gasteiger partial charge in [0.15, 0.2) is 0 Å². The van der Waals surface area contributed by atoms with E-state index in [1.54, 1.807) is 0 Å². The molecular weight excluding hydrogens is 417 g/mol. The van der Waals surface area contributed by atoms with Gasteiger partial charge in [0.2, 0.25) is 10.0 Å². The zero-order chi connectivity index (χ0) is 14.9. The van der Waals surface area contributed by atoms with Crippen molar-refractivity contribution in [2.75, 3.05) is 19.3 Å².